The highest BCUT2D eigenvalue weighted by molar-refractivity contribution is 7.89. The monoisotopic (exact) mass is 596 g/mol. The molecule has 2 aliphatic rings. The number of rotatable bonds is 11. The van der Waals surface area contributed by atoms with Crippen LogP contribution in [0.25, 0.3) is 0 Å². The van der Waals surface area contributed by atoms with Crippen molar-refractivity contribution in [3.05, 3.63) is 48.0 Å². The number of nitrogens with zero attached hydrogens (tertiary/aromatic N) is 1. The summed E-state index contributed by atoms with van der Waals surface area (Å²) in [5.41, 5.74) is 4.69. The summed E-state index contributed by atoms with van der Waals surface area (Å²) in [4.78, 5) is 24.7. The van der Waals surface area contributed by atoms with Crippen LogP contribution in [0.2, 0.25) is 0 Å². The fourth-order valence-electron chi connectivity index (χ4n) is 4.06. The zero-order valence-electron chi connectivity index (χ0n) is 21.8. The van der Waals surface area contributed by atoms with Crippen molar-refractivity contribution in [2.75, 3.05) is 46.1 Å². The Kier molecular flexibility index (Phi) is 9.97. The second-order valence-electron chi connectivity index (χ2n) is 9.06. The summed E-state index contributed by atoms with van der Waals surface area (Å²) >= 11 is 0. The van der Waals surface area contributed by atoms with Crippen LogP contribution in [0, 0.1) is 0 Å². The van der Waals surface area contributed by atoms with Gasteiger partial charge in [0.2, 0.25) is 26.0 Å². The number of fused-ring (bicyclic) bond motifs is 1. The van der Waals surface area contributed by atoms with Crippen LogP contribution in [0.3, 0.4) is 0 Å². The quantitative estimate of drug-likeness (QED) is 0.251. The summed E-state index contributed by atoms with van der Waals surface area (Å²) in [7, 11) is -7.48. The number of ether oxygens (including phenoxy) is 3. The van der Waals surface area contributed by atoms with Gasteiger partial charge in [-0.05, 0) is 43.2 Å². The Labute approximate surface area is 233 Å². The van der Waals surface area contributed by atoms with E-state index < -0.39 is 31.9 Å². The molecule has 0 radical (unpaired) electrons. The molecular formula is C25H32N4O9S2. The fraction of sp³-hybridized carbons (Fsp3) is 0.440. The van der Waals surface area contributed by atoms with Gasteiger partial charge in [0, 0.05) is 37.7 Å². The van der Waals surface area contributed by atoms with E-state index in [1.807, 2.05) is 0 Å². The van der Waals surface area contributed by atoms with Crippen molar-refractivity contribution in [2.24, 2.45) is 0 Å². The van der Waals surface area contributed by atoms with Crippen LogP contribution in [-0.4, -0.2) is 79.0 Å². The molecule has 2 aromatic rings. The molecule has 0 spiro atoms. The summed E-state index contributed by atoms with van der Waals surface area (Å²) in [5.74, 6) is -0.189. The standard InChI is InChI=1S/C25H32N4O9S2/c30-24(7-2-1-3-10-26-39(32,33)20-8-9-22-23(18-20)38-16-15-37-22)27-28-25(31)19-5-4-6-21(17-19)40(34,35)29-11-13-36-14-12-29/h4-6,8-9,17-18,26H,1-3,7,10-16H2,(H,27,30)(H,28,31). The molecule has 2 heterocycles. The first-order valence-electron chi connectivity index (χ1n) is 12.8. The van der Waals surface area contributed by atoms with Gasteiger partial charge in [-0.2, -0.15) is 4.31 Å². The molecule has 218 valence electrons. The lowest BCUT2D eigenvalue weighted by atomic mass is 10.2. The van der Waals surface area contributed by atoms with Crippen molar-refractivity contribution >= 4 is 31.9 Å². The third-order valence-electron chi connectivity index (χ3n) is 6.22. The molecule has 0 saturated carbocycles. The predicted molar refractivity (Wildman–Crippen MR) is 143 cm³/mol. The van der Waals surface area contributed by atoms with Crippen molar-refractivity contribution in [3.63, 3.8) is 0 Å². The lowest BCUT2D eigenvalue weighted by Gasteiger charge is -2.26. The largest absolute Gasteiger partial charge is 0.486 e. The van der Waals surface area contributed by atoms with E-state index in [9.17, 15) is 26.4 Å². The number of unbranched alkanes of at least 4 members (excludes halogenated alkanes) is 2. The minimum atomic E-state index is -3.77. The van der Waals surface area contributed by atoms with Gasteiger partial charge in [-0.15, -0.1) is 0 Å². The first kappa shape index (κ1) is 29.7. The van der Waals surface area contributed by atoms with Crippen LogP contribution in [0.5, 0.6) is 11.5 Å². The van der Waals surface area contributed by atoms with Crippen molar-refractivity contribution < 1.29 is 40.6 Å². The summed E-state index contributed by atoms with van der Waals surface area (Å²) in [6.45, 7) is 2.05. The van der Waals surface area contributed by atoms with E-state index in [4.69, 9.17) is 14.2 Å². The average molecular weight is 597 g/mol. The van der Waals surface area contributed by atoms with Crippen LogP contribution in [-0.2, 0) is 29.6 Å². The Hall–Kier alpha value is -3.24. The van der Waals surface area contributed by atoms with Gasteiger partial charge in [-0.3, -0.25) is 20.4 Å². The maximum absolute atomic E-state index is 12.8. The number of carbonyl (C=O) groups is 2. The minimum absolute atomic E-state index is 0.0158. The molecule has 2 aromatic carbocycles. The molecule has 15 heteroatoms. The molecule has 0 atom stereocenters. The average Bonchev–Trinajstić information content (AvgIpc) is 2.97. The van der Waals surface area contributed by atoms with E-state index in [0.29, 0.717) is 57.2 Å². The van der Waals surface area contributed by atoms with Gasteiger partial charge in [0.25, 0.3) is 5.91 Å². The normalized spacial score (nSPS) is 15.8. The molecular weight excluding hydrogens is 564 g/mol. The number of nitrogens with one attached hydrogen (secondary N) is 3. The third-order valence-corrected chi connectivity index (χ3v) is 9.57. The maximum atomic E-state index is 12.8. The van der Waals surface area contributed by atoms with E-state index in [0.717, 1.165) is 0 Å². The van der Waals surface area contributed by atoms with E-state index in [1.54, 1.807) is 6.07 Å². The van der Waals surface area contributed by atoms with Gasteiger partial charge in [0.05, 0.1) is 23.0 Å². The molecule has 0 unspecified atom stereocenters. The molecule has 4 rings (SSSR count). The van der Waals surface area contributed by atoms with Crippen LogP contribution >= 0.6 is 0 Å². The molecule has 0 aliphatic carbocycles. The minimum Gasteiger partial charge on any atom is -0.486 e. The number of hydrogen-bond donors (Lipinski definition) is 3. The Balaban J connectivity index is 1.15. The Morgan fingerprint density at radius 3 is 2.33 bits per heavy atom. The highest BCUT2D eigenvalue weighted by atomic mass is 32.2. The van der Waals surface area contributed by atoms with Crippen LogP contribution in [0.4, 0.5) is 0 Å². The van der Waals surface area contributed by atoms with Gasteiger partial charge in [-0.1, -0.05) is 12.5 Å². The first-order chi connectivity index (χ1) is 19.2. The zero-order valence-corrected chi connectivity index (χ0v) is 23.4. The number of hydrogen-bond acceptors (Lipinski definition) is 9. The molecule has 3 N–H and O–H groups in total. The SMILES string of the molecule is O=C(CCCCCNS(=O)(=O)c1ccc2c(c1)OCCO2)NNC(=O)c1cccc(S(=O)(=O)N2CCOCC2)c1. The lowest BCUT2D eigenvalue weighted by Crippen LogP contribution is -2.42. The number of morpholine rings is 1. The number of hydrazine groups is 1. The lowest BCUT2D eigenvalue weighted by molar-refractivity contribution is -0.122. The maximum Gasteiger partial charge on any atom is 0.269 e. The fourth-order valence-corrected chi connectivity index (χ4v) is 6.61. The second-order valence-corrected chi connectivity index (χ2v) is 12.8. The summed E-state index contributed by atoms with van der Waals surface area (Å²) < 4.78 is 70.6. The van der Waals surface area contributed by atoms with E-state index >= 15 is 0 Å². The highest BCUT2D eigenvalue weighted by Crippen LogP contribution is 2.32. The molecule has 13 nitrogen and oxygen atoms in total. The van der Waals surface area contributed by atoms with E-state index in [2.05, 4.69) is 15.6 Å². The van der Waals surface area contributed by atoms with Crippen LogP contribution < -0.4 is 25.0 Å². The number of amides is 2. The third kappa shape index (κ3) is 7.69. The molecule has 1 fully saturated rings. The number of benzene rings is 2. The number of sulfonamides is 2. The van der Waals surface area contributed by atoms with Crippen molar-refractivity contribution in [1.82, 2.24) is 19.9 Å². The molecule has 40 heavy (non-hydrogen) atoms. The Morgan fingerprint density at radius 1 is 0.800 bits per heavy atom. The molecule has 2 aliphatic heterocycles. The van der Waals surface area contributed by atoms with Crippen LogP contribution in [0.15, 0.2) is 52.3 Å². The first-order valence-corrected chi connectivity index (χ1v) is 15.8. The van der Waals surface area contributed by atoms with Gasteiger partial charge >= 0.3 is 0 Å². The molecule has 0 bridgehead atoms. The van der Waals surface area contributed by atoms with Crippen molar-refractivity contribution in [2.45, 2.75) is 35.5 Å². The van der Waals surface area contributed by atoms with Gasteiger partial charge in [-0.25, -0.2) is 21.6 Å². The predicted octanol–water partition coefficient (Wildman–Crippen LogP) is 0.779. The van der Waals surface area contributed by atoms with Gasteiger partial charge in [0.15, 0.2) is 11.5 Å². The molecule has 1 saturated heterocycles. The highest BCUT2D eigenvalue weighted by Gasteiger charge is 2.27. The number of carbonyl (C=O) groups excluding carboxylic acids is 2. The Bertz CT molecular complexity index is 1430. The topological polar surface area (TPSA) is 169 Å². The van der Waals surface area contributed by atoms with Crippen LogP contribution in [0.1, 0.15) is 36.0 Å². The van der Waals surface area contributed by atoms with Gasteiger partial charge in [0.1, 0.15) is 13.2 Å². The molecule has 2 amide bonds. The summed E-state index contributed by atoms with van der Waals surface area (Å²) in [6, 6.07) is 10.0. The summed E-state index contributed by atoms with van der Waals surface area (Å²) in [5, 5.41) is 0. The van der Waals surface area contributed by atoms with E-state index in [1.165, 1.54) is 40.7 Å². The summed E-state index contributed by atoms with van der Waals surface area (Å²) in [6.07, 6.45) is 1.67. The molecule has 0 aromatic heterocycles. The van der Waals surface area contributed by atoms with Crippen molar-refractivity contribution in [3.8, 4) is 11.5 Å². The van der Waals surface area contributed by atoms with Gasteiger partial charge < -0.3 is 14.2 Å². The second kappa shape index (κ2) is 13.4. The van der Waals surface area contributed by atoms with E-state index in [-0.39, 0.29) is 41.4 Å². The smallest absolute Gasteiger partial charge is 0.269 e. The zero-order chi connectivity index (χ0) is 28.6. The van der Waals surface area contributed by atoms with Crippen molar-refractivity contribution in [1.29, 1.82) is 0 Å². The Morgan fingerprint density at radius 2 is 1.55 bits per heavy atom.